The van der Waals surface area contributed by atoms with Crippen LogP contribution in [0.3, 0.4) is 0 Å². The maximum Gasteiger partial charge on any atom is 0.371 e. The first-order chi connectivity index (χ1) is 9.90. The van der Waals surface area contributed by atoms with Gasteiger partial charge in [-0.15, -0.1) is 0 Å². The van der Waals surface area contributed by atoms with E-state index < -0.39 is 26.9 Å². The molecule has 5 N–H and O–H groups in total. The Bertz CT molecular complexity index is 563. The van der Waals surface area contributed by atoms with Crippen LogP contribution in [0, 0.1) is 13.8 Å². The number of imidazole rings is 1. The Morgan fingerprint density at radius 3 is 2.18 bits per heavy atom. The molecule has 1 heterocycles. The number of aromatic nitrogens is 2. The summed E-state index contributed by atoms with van der Waals surface area (Å²) in [6, 6.07) is 0. The van der Waals surface area contributed by atoms with E-state index in [0.717, 1.165) is 11.5 Å². The minimum atomic E-state index is -5.47. The molecule has 0 saturated heterocycles. The van der Waals surface area contributed by atoms with E-state index in [1.165, 1.54) is 0 Å². The van der Waals surface area contributed by atoms with Gasteiger partial charge in [0.1, 0.15) is 5.82 Å². The van der Waals surface area contributed by atoms with Gasteiger partial charge >= 0.3 is 15.2 Å². The average Bonchev–Trinajstić information content (AvgIpc) is 2.66. The zero-order valence-electron chi connectivity index (χ0n) is 12.2. The van der Waals surface area contributed by atoms with Crippen LogP contribution in [0.25, 0.3) is 0 Å². The maximum atomic E-state index is 11.1. The van der Waals surface area contributed by atoms with Crippen molar-refractivity contribution in [2.45, 2.75) is 31.9 Å². The van der Waals surface area contributed by atoms with Crippen molar-refractivity contribution < 1.29 is 38.5 Å². The molecule has 0 spiro atoms. The van der Waals surface area contributed by atoms with E-state index in [1.807, 2.05) is 18.4 Å². The fourth-order valence-electron chi connectivity index (χ4n) is 1.79. The number of aliphatic hydroxyl groups is 1. The minimum absolute atomic E-state index is 0.0423. The molecule has 22 heavy (non-hydrogen) atoms. The summed E-state index contributed by atoms with van der Waals surface area (Å²) in [5.74, 6) is 0.791. The highest BCUT2D eigenvalue weighted by Crippen LogP contribution is 2.67. The lowest BCUT2D eigenvalue weighted by Crippen LogP contribution is -2.34. The molecular formula is C10H20N2O8P2. The Hall–Kier alpha value is -0.570. The largest absolute Gasteiger partial charge is 0.377 e. The average molecular weight is 358 g/mol. The monoisotopic (exact) mass is 358 g/mol. The third-order valence-corrected chi connectivity index (χ3v) is 6.84. The summed E-state index contributed by atoms with van der Waals surface area (Å²) in [4.78, 5) is 39.8. The van der Waals surface area contributed by atoms with Crippen LogP contribution in [-0.2, 0) is 20.4 Å². The summed E-state index contributed by atoms with van der Waals surface area (Å²) in [5, 5.41) is 6.06. The molecule has 1 aromatic rings. The van der Waals surface area contributed by atoms with Crippen LogP contribution in [0.4, 0.5) is 0 Å². The van der Waals surface area contributed by atoms with Gasteiger partial charge in [0.25, 0.3) is 5.08 Å². The molecule has 0 bridgehead atoms. The van der Waals surface area contributed by atoms with Crippen molar-refractivity contribution in [2.75, 3.05) is 13.2 Å². The molecule has 0 atom stereocenters. The first kappa shape index (κ1) is 19.5. The van der Waals surface area contributed by atoms with E-state index in [-0.39, 0.29) is 6.61 Å². The summed E-state index contributed by atoms with van der Waals surface area (Å²) >= 11 is 0. The van der Waals surface area contributed by atoms with Crippen LogP contribution in [0.5, 0.6) is 0 Å². The number of nitrogens with zero attached hydrogens (tertiary/aromatic N) is 2. The molecule has 0 amide bonds. The molecule has 1 rings (SSSR count). The SMILES string of the molecule is Cc1cnc(C)n1CCCOCC(O)(P(=O)(O)O)P(=O)(O)O. The summed E-state index contributed by atoms with van der Waals surface area (Å²) in [6.07, 6.45) is 2.10. The standard InChI is InChI=1S/C10H20N2O8P2/c1-8-6-11-9(2)12(8)4-3-5-20-7-10(13,21(14,15)16)22(17,18)19/h6,13H,3-5,7H2,1-2H3,(H2,14,15,16)(H2,17,18,19). The number of ether oxygens (including phenoxy) is 1. The molecular weight excluding hydrogens is 338 g/mol. The topological polar surface area (TPSA) is 162 Å². The van der Waals surface area contributed by atoms with Gasteiger partial charge in [0, 0.05) is 25.0 Å². The summed E-state index contributed by atoms with van der Waals surface area (Å²) < 4.78 is 29.0. The van der Waals surface area contributed by atoms with Crippen molar-refractivity contribution in [3.63, 3.8) is 0 Å². The second-order valence-electron chi connectivity index (χ2n) is 4.87. The fraction of sp³-hybridized carbons (Fsp3) is 0.700. The molecule has 0 saturated carbocycles. The second-order valence-corrected chi connectivity index (χ2v) is 8.88. The van der Waals surface area contributed by atoms with Crippen molar-refractivity contribution in [2.24, 2.45) is 0 Å². The Morgan fingerprint density at radius 2 is 1.77 bits per heavy atom. The van der Waals surface area contributed by atoms with E-state index in [9.17, 15) is 14.2 Å². The van der Waals surface area contributed by atoms with Gasteiger partial charge in [-0.1, -0.05) is 0 Å². The maximum absolute atomic E-state index is 11.1. The minimum Gasteiger partial charge on any atom is -0.377 e. The number of rotatable bonds is 8. The van der Waals surface area contributed by atoms with Crippen molar-refractivity contribution in [3.05, 3.63) is 17.7 Å². The summed E-state index contributed by atoms with van der Waals surface area (Å²) in [5.41, 5.74) is 0.930. The third kappa shape index (κ3) is 4.24. The van der Waals surface area contributed by atoms with Gasteiger partial charge in [-0.05, 0) is 20.3 Å². The quantitative estimate of drug-likeness (QED) is 0.316. The van der Waals surface area contributed by atoms with Crippen LogP contribution >= 0.6 is 15.2 Å². The molecule has 0 radical (unpaired) electrons. The molecule has 0 fully saturated rings. The van der Waals surface area contributed by atoms with Crippen LogP contribution in [0.1, 0.15) is 17.9 Å². The number of hydrogen-bond donors (Lipinski definition) is 5. The number of hydrogen-bond acceptors (Lipinski definition) is 5. The Kier molecular flexibility index (Phi) is 6.11. The predicted octanol–water partition coefficient (Wildman–Crippen LogP) is -0.0919. The Labute approximate surface area is 127 Å². The van der Waals surface area contributed by atoms with Gasteiger partial charge in [-0.2, -0.15) is 0 Å². The van der Waals surface area contributed by atoms with Gasteiger partial charge in [0.05, 0.1) is 6.61 Å². The Morgan fingerprint density at radius 1 is 1.23 bits per heavy atom. The molecule has 128 valence electrons. The Balaban J connectivity index is 2.55. The molecule has 12 heteroatoms. The van der Waals surface area contributed by atoms with Gasteiger partial charge in [0.2, 0.25) is 0 Å². The highest BCUT2D eigenvalue weighted by molar-refractivity contribution is 7.72. The smallest absolute Gasteiger partial charge is 0.371 e. The van der Waals surface area contributed by atoms with Crippen LogP contribution in [-0.4, -0.2) is 52.5 Å². The fourth-order valence-corrected chi connectivity index (χ4v) is 3.67. The lowest BCUT2D eigenvalue weighted by molar-refractivity contribution is 0.0233. The first-order valence-corrected chi connectivity index (χ1v) is 9.53. The molecule has 0 aliphatic carbocycles. The van der Waals surface area contributed by atoms with E-state index in [2.05, 4.69) is 4.98 Å². The summed E-state index contributed by atoms with van der Waals surface area (Å²) in [7, 11) is -10.9. The highest BCUT2D eigenvalue weighted by atomic mass is 31.2. The predicted molar refractivity (Wildman–Crippen MR) is 76.2 cm³/mol. The normalized spacial score (nSPS) is 13.6. The van der Waals surface area contributed by atoms with Crippen LogP contribution in [0.2, 0.25) is 0 Å². The van der Waals surface area contributed by atoms with Crippen molar-refractivity contribution in [3.8, 4) is 0 Å². The first-order valence-electron chi connectivity index (χ1n) is 6.30. The molecule has 0 unspecified atom stereocenters. The van der Waals surface area contributed by atoms with Crippen molar-refractivity contribution in [1.29, 1.82) is 0 Å². The van der Waals surface area contributed by atoms with Gasteiger partial charge in [-0.25, -0.2) is 4.98 Å². The lowest BCUT2D eigenvalue weighted by Gasteiger charge is -2.28. The van der Waals surface area contributed by atoms with Gasteiger partial charge in [-0.3, -0.25) is 9.13 Å². The molecule has 1 aromatic heterocycles. The molecule has 0 aliphatic rings. The van der Waals surface area contributed by atoms with Crippen LogP contribution in [0.15, 0.2) is 6.20 Å². The van der Waals surface area contributed by atoms with E-state index in [0.29, 0.717) is 13.0 Å². The zero-order chi connectivity index (χ0) is 17.2. The van der Waals surface area contributed by atoms with E-state index in [1.54, 1.807) is 6.20 Å². The van der Waals surface area contributed by atoms with E-state index >= 15 is 0 Å². The van der Waals surface area contributed by atoms with Gasteiger partial charge < -0.3 is 34.0 Å². The van der Waals surface area contributed by atoms with Crippen molar-refractivity contribution >= 4 is 15.2 Å². The highest BCUT2D eigenvalue weighted by Gasteiger charge is 2.59. The van der Waals surface area contributed by atoms with Crippen molar-refractivity contribution in [1.82, 2.24) is 9.55 Å². The van der Waals surface area contributed by atoms with E-state index in [4.69, 9.17) is 24.3 Å². The number of aryl methyl sites for hydroxylation is 2. The zero-order valence-corrected chi connectivity index (χ0v) is 13.9. The molecule has 0 aromatic carbocycles. The van der Waals surface area contributed by atoms with Crippen LogP contribution < -0.4 is 0 Å². The van der Waals surface area contributed by atoms with Gasteiger partial charge in [0.15, 0.2) is 0 Å². The lowest BCUT2D eigenvalue weighted by atomic mass is 10.4. The molecule has 10 nitrogen and oxygen atoms in total. The molecule has 0 aliphatic heterocycles. The third-order valence-electron chi connectivity index (χ3n) is 3.15. The summed E-state index contributed by atoms with van der Waals surface area (Å²) in [6.45, 7) is 2.99. The second kappa shape index (κ2) is 6.90.